The molecule has 14 atom stereocenters. The SMILES string of the molecule is CCC(CC(C)(CC(C)(CC(C)(C)C(=O)OC1(C)C2CC3CC(C2)CC1C3)C(=O)OC1CCOC1=O)C(=O)OC12CC3CC(CC(O)(C3)C1)C2)c1ccc(S(=O)(=O)ON=C2C(=NOS(=O)(=O)c3ccc(C(CC)CC(C)(CC(C)(CC(C)(C)C(=O)OC4(C)C5CC6CC(C5)CC4C6)C(=O)OC4CCOC4=O)C(=O)OC45CC6CC(CC(O)(C6)C4)C5)cc3)C3CCC2C3(C)C)cc1. The molecule has 18 saturated carbocycles. The van der Waals surface area contributed by atoms with E-state index in [4.69, 9.17) is 46.5 Å². The molecule has 18 aliphatic carbocycles. The lowest BCUT2D eigenvalue weighted by Gasteiger charge is -2.59. The van der Waals surface area contributed by atoms with Gasteiger partial charge in [0, 0.05) is 37.5 Å². The van der Waals surface area contributed by atoms with Crippen molar-refractivity contribution in [1.82, 2.24) is 0 Å². The maximum Gasteiger partial charge on any atom is 0.358 e. The third-order valence-electron chi connectivity index (χ3n) is 36.9. The van der Waals surface area contributed by atoms with E-state index in [1.54, 1.807) is 79.7 Å². The molecule has 2 N–H and O–H groups in total. The molecular formula is C103H142N2O24S2. The molecule has 22 rings (SSSR count). The summed E-state index contributed by atoms with van der Waals surface area (Å²) in [4.78, 5) is 118. The summed E-state index contributed by atoms with van der Waals surface area (Å²) in [6.07, 6.45) is 17.0. The quantitative estimate of drug-likeness (QED) is 0.0373. The lowest BCUT2D eigenvalue weighted by Crippen LogP contribution is -2.61. The molecule has 0 spiro atoms. The van der Waals surface area contributed by atoms with E-state index in [9.17, 15) is 36.6 Å². The van der Waals surface area contributed by atoms with Gasteiger partial charge in [-0.25, -0.2) is 9.59 Å². The Hall–Kier alpha value is -7.04. The van der Waals surface area contributed by atoms with Gasteiger partial charge in [0.25, 0.3) is 0 Å². The Morgan fingerprint density at radius 2 is 0.725 bits per heavy atom. The average molecular weight is 1860 g/mol. The van der Waals surface area contributed by atoms with Gasteiger partial charge in [0.1, 0.15) is 43.6 Å². The molecule has 2 aromatic rings. The number of carbonyl (C=O) groups excluding carboxylic acids is 8. The lowest BCUT2D eigenvalue weighted by molar-refractivity contribution is -0.229. The minimum absolute atomic E-state index is 0.0539. The minimum Gasteiger partial charge on any atom is -0.463 e. The van der Waals surface area contributed by atoms with Gasteiger partial charge in [0.05, 0.1) is 56.9 Å². The van der Waals surface area contributed by atoms with Crippen LogP contribution in [0.4, 0.5) is 0 Å². The third-order valence-corrected chi connectivity index (χ3v) is 39.1. The number of aliphatic hydroxyl groups is 2. The third kappa shape index (κ3) is 17.6. The predicted octanol–water partition coefficient (Wildman–Crippen LogP) is 17.5. The number of hydrogen-bond acceptors (Lipinski definition) is 26. The molecule has 2 aromatic carbocycles. The first-order chi connectivity index (χ1) is 61.3. The minimum atomic E-state index is -4.72. The van der Waals surface area contributed by atoms with E-state index in [-0.39, 0.29) is 146 Å². The Kier molecular flexibility index (Phi) is 23.9. The Morgan fingerprint density at radius 1 is 0.412 bits per heavy atom. The van der Waals surface area contributed by atoms with Gasteiger partial charge >= 0.3 is 68.0 Å². The van der Waals surface area contributed by atoms with E-state index in [1.807, 2.05) is 27.7 Å². The summed E-state index contributed by atoms with van der Waals surface area (Å²) in [5.74, 6) is -2.85. The molecule has 2 aliphatic heterocycles. The molecule has 28 heteroatoms. The van der Waals surface area contributed by atoms with Crippen LogP contribution in [0.1, 0.15) is 338 Å². The monoisotopic (exact) mass is 1850 g/mol. The fraction of sp³-hybridized carbons (Fsp3) is 0.786. The molecule has 720 valence electrons. The second kappa shape index (κ2) is 33.1. The van der Waals surface area contributed by atoms with Gasteiger partial charge in [0.15, 0.2) is 0 Å². The van der Waals surface area contributed by atoms with E-state index < -0.39 is 175 Å². The van der Waals surface area contributed by atoms with Crippen LogP contribution in [0.5, 0.6) is 0 Å². The Balaban J connectivity index is 0.586. The van der Waals surface area contributed by atoms with Gasteiger partial charge in [-0.1, -0.05) is 62.3 Å². The van der Waals surface area contributed by atoms with Crippen LogP contribution in [0.15, 0.2) is 68.6 Å². The van der Waals surface area contributed by atoms with Gasteiger partial charge in [0.2, 0.25) is 12.2 Å². The van der Waals surface area contributed by atoms with Crippen LogP contribution in [0.3, 0.4) is 0 Å². The van der Waals surface area contributed by atoms with E-state index in [2.05, 4.69) is 24.2 Å². The molecule has 2 heterocycles. The number of ether oxygens (including phenoxy) is 8. The lowest BCUT2D eigenvalue weighted by atomic mass is 9.50. The van der Waals surface area contributed by atoms with Crippen LogP contribution in [0.25, 0.3) is 0 Å². The maximum atomic E-state index is 15.9. The van der Waals surface area contributed by atoms with E-state index >= 15 is 28.8 Å². The van der Waals surface area contributed by atoms with Crippen molar-refractivity contribution in [2.24, 2.45) is 131 Å². The molecule has 131 heavy (non-hydrogen) atoms. The van der Waals surface area contributed by atoms with Crippen molar-refractivity contribution in [1.29, 1.82) is 0 Å². The maximum absolute atomic E-state index is 15.9. The van der Waals surface area contributed by atoms with Crippen molar-refractivity contribution in [2.45, 2.75) is 383 Å². The topological polar surface area (TPSA) is 362 Å². The number of benzene rings is 2. The number of fused-ring (bicyclic) bond motifs is 2. The molecule has 26 nitrogen and oxygen atoms in total. The van der Waals surface area contributed by atoms with Crippen molar-refractivity contribution in [3.63, 3.8) is 0 Å². The van der Waals surface area contributed by atoms with Crippen molar-refractivity contribution < 1.29 is 112 Å². The highest BCUT2D eigenvalue weighted by molar-refractivity contribution is 7.87. The van der Waals surface area contributed by atoms with Crippen LogP contribution in [-0.4, -0.2) is 145 Å². The molecule has 20 fully saturated rings. The highest BCUT2D eigenvalue weighted by Gasteiger charge is 2.67. The number of rotatable bonds is 34. The number of hydrogen-bond donors (Lipinski definition) is 2. The molecular weight excluding hydrogens is 1710 g/mol. The van der Waals surface area contributed by atoms with Crippen molar-refractivity contribution >= 4 is 79.4 Å². The van der Waals surface area contributed by atoms with Crippen LogP contribution < -0.4 is 0 Å². The largest absolute Gasteiger partial charge is 0.463 e. The Bertz CT molecular complexity index is 4770. The van der Waals surface area contributed by atoms with Gasteiger partial charge in [-0.15, -0.1) is 0 Å². The summed E-state index contributed by atoms with van der Waals surface area (Å²) in [5.41, 5.74) is -13.4. The van der Waals surface area contributed by atoms with E-state index in [1.165, 1.54) is 37.1 Å². The van der Waals surface area contributed by atoms with Crippen molar-refractivity contribution in [3.8, 4) is 0 Å². The number of carbonyl (C=O) groups is 8. The second-order valence-corrected chi connectivity index (χ2v) is 52.0. The van der Waals surface area contributed by atoms with Crippen LogP contribution in [0, 0.1) is 121 Å². The van der Waals surface area contributed by atoms with Gasteiger partial charge in [-0.05, 0) is 386 Å². The zero-order valence-electron chi connectivity index (χ0n) is 79.6. The zero-order chi connectivity index (χ0) is 93.6. The summed E-state index contributed by atoms with van der Waals surface area (Å²) < 4.78 is 120. The fourth-order valence-corrected chi connectivity index (χ4v) is 33.3. The molecule has 2 saturated heterocycles. The first-order valence-corrected chi connectivity index (χ1v) is 52.5. The van der Waals surface area contributed by atoms with Gasteiger partial charge in [-0.2, -0.15) is 16.8 Å². The first kappa shape index (κ1) is 94.3. The van der Waals surface area contributed by atoms with Crippen molar-refractivity contribution in [3.05, 3.63) is 59.7 Å². The van der Waals surface area contributed by atoms with Gasteiger partial charge in [-0.3, -0.25) is 37.3 Å². The zero-order valence-corrected chi connectivity index (χ0v) is 81.2. The highest BCUT2D eigenvalue weighted by Crippen LogP contribution is 2.66. The fourth-order valence-electron chi connectivity index (χ4n) is 31.8. The number of oxime groups is 2. The van der Waals surface area contributed by atoms with Crippen LogP contribution >= 0.6 is 0 Å². The smallest absolute Gasteiger partial charge is 0.358 e. The first-order valence-electron chi connectivity index (χ1n) is 49.7. The number of esters is 8. The molecule has 0 amide bonds. The van der Waals surface area contributed by atoms with Crippen molar-refractivity contribution in [2.75, 3.05) is 13.2 Å². The van der Waals surface area contributed by atoms with Crippen LogP contribution in [-0.2, 0) is 105 Å². The Morgan fingerprint density at radius 3 is 1.02 bits per heavy atom. The summed E-state index contributed by atoms with van der Waals surface area (Å²) in [6.45, 7) is 26.1. The van der Waals surface area contributed by atoms with E-state index in [0.29, 0.717) is 112 Å². The molecule has 0 radical (unpaired) electrons. The predicted molar refractivity (Wildman–Crippen MR) is 479 cm³/mol. The van der Waals surface area contributed by atoms with Crippen LogP contribution in [0.2, 0.25) is 0 Å². The summed E-state index contributed by atoms with van der Waals surface area (Å²) in [7, 11) is -9.44. The summed E-state index contributed by atoms with van der Waals surface area (Å²) in [6, 6.07) is 12.2. The molecule has 14 unspecified atom stereocenters. The Labute approximate surface area is 773 Å². The van der Waals surface area contributed by atoms with Gasteiger partial charge < -0.3 is 48.1 Å². The average Bonchev–Trinajstić information content (AvgIpc) is 1.61. The highest BCUT2D eigenvalue weighted by atomic mass is 32.2. The standard InChI is InChI=1S/C103H142N2O24S2/c1-15-67(51-94(9,89(112)126-102-47-63-33-64(48-102)44-100(114,43-63)57-102)55-96(11,87(110)122-79-27-29-120-83(79)106)53-91(3,4)85(108)124-98(13)71-35-59-31-60(37-71)38-72(98)36-59)69-17-21-75(22-18-69)130(116,117)128-104-81-77-25-26-78(93(77,7)8)82(81)105-129-131(118,119)76-23-19-70(20-24-76)68(16-2)52-95(10,90(113)127-103-49-65-34-66(50-103)46-101(115,45-65)58-103)56-97(12,88(111)123-80-28-30-121-84(80)107)54-92(5,6)86(109)125-99(14)73-39-61-32-62(41-73)42-74(99)40-61/h17-24,59-68,71-74,77-80,114-115H,15-16,25-58H2,1-14H3. The molecule has 18 bridgehead atoms. The summed E-state index contributed by atoms with van der Waals surface area (Å²) in [5, 5.41) is 32.6. The number of nitrogens with zero attached hydrogens (tertiary/aromatic N) is 2. The second-order valence-electron chi connectivity index (χ2n) is 49.0. The van der Waals surface area contributed by atoms with E-state index in [0.717, 1.165) is 64.2 Å². The number of cyclic esters (lactones) is 2. The molecule has 0 aromatic heterocycles. The normalized spacial score (nSPS) is 38.8. The summed E-state index contributed by atoms with van der Waals surface area (Å²) >= 11 is 0. The molecule has 20 aliphatic rings.